The van der Waals surface area contributed by atoms with E-state index >= 15 is 0 Å². The first kappa shape index (κ1) is 11.0. The Morgan fingerprint density at radius 2 is 2.00 bits per heavy atom. The van der Waals surface area contributed by atoms with Crippen LogP contribution in [0.5, 0.6) is 0 Å². The average molecular weight is 211 g/mol. The SMILES string of the molecule is O=C(O)C(=O)CC(=O)c1ccc(F)cn1. The molecule has 0 aliphatic rings. The van der Waals surface area contributed by atoms with Gasteiger partial charge in [0.1, 0.15) is 11.5 Å². The number of rotatable bonds is 4. The molecule has 0 radical (unpaired) electrons. The first-order valence-electron chi connectivity index (χ1n) is 3.91. The number of carboxylic acid groups (broad SMARTS) is 1. The maximum absolute atomic E-state index is 12.4. The van der Waals surface area contributed by atoms with E-state index in [-0.39, 0.29) is 5.69 Å². The molecule has 1 heterocycles. The van der Waals surface area contributed by atoms with Crippen molar-refractivity contribution >= 4 is 17.5 Å². The Hall–Kier alpha value is -2.11. The number of aliphatic carboxylic acids is 1. The third-order valence-electron chi connectivity index (χ3n) is 1.57. The van der Waals surface area contributed by atoms with Crippen molar-refractivity contribution in [2.24, 2.45) is 0 Å². The molecule has 0 spiro atoms. The maximum Gasteiger partial charge on any atom is 0.372 e. The predicted octanol–water partition coefficient (Wildman–Crippen LogP) is 0.447. The molecular formula is C9H6FNO4. The number of nitrogens with zero attached hydrogens (tertiary/aromatic N) is 1. The van der Waals surface area contributed by atoms with Crippen LogP contribution >= 0.6 is 0 Å². The fourth-order valence-electron chi connectivity index (χ4n) is 0.853. The normalized spacial score (nSPS) is 9.67. The zero-order valence-corrected chi connectivity index (χ0v) is 7.44. The van der Waals surface area contributed by atoms with Crippen LogP contribution < -0.4 is 0 Å². The lowest BCUT2D eigenvalue weighted by Crippen LogP contribution is -2.17. The van der Waals surface area contributed by atoms with Crippen molar-refractivity contribution in [2.45, 2.75) is 6.42 Å². The minimum atomic E-state index is -1.68. The van der Waals surface area contributed by atoms with E-state index in [9.17, 15) is 18.8 Å². The van der Waals surface area contributed by atoms with Gasteiger partial charge in [0.15, 0.2) is 5.78 Å². The number of Topliss-reactive ketones (excluding diaryl/α,β-unsaturated/α-hetero) is 2. The van der Waals surface area contributed by atoms with E-state index in [4.69, 9.17) is 5.11 Å². The van der Waals surface area contributed by atoms with E-state index in [1.54, 1.807) is 0 Å². The van der Waals surface area contributed by atoms with Crippen molar-refractivity contribution in [3.8, 4) is 0 Å². The molecule has 0 saturated heterocycles. The van der Waals surface area contributed by atoms with Gasteiger partial charge in [-0.25, -0.2) is 9.18 Å². The highest BCUT2D eigenvalue weighted by molar-refractivity contribution is 6.37. The van der Waals surface area contributed by atoms with Crippen LogP contribution in [0.1, 0.15) is 16.9 Å². The molecule has 0 atom stereocenters. The van der Waals surface area contributed by atoms with Crippen molar-refractivity contribution in [1.29, 1.82) is 0 Å². The summed E-state index contributed by atoms with van der Waals surface area (Å²) in [6.07, 6.45) is 0.0481. The Morgan fingerprint density at radius 3 is 2.47 bits per heavy atom. The Kier molecular flexibility index (Phi) is 3.22. The highest BCUT2D eigenvalue weighted by Crippen LogP contribution is 2.02. The Balaban J connectivity index is 2.74. The quantitative estimate of drug-likeness (QED) is 0.444. The summed E-state index contributed by atoms with van der Waals surface area (Å²) in [7, 11) is 0. The van der Waals surface area contributed by atoms with Crippen LogP contribution in [0.15, 0.2) is 18.3 Å². The van der Waals surface area contributed by atoms with Crippen LogP contribution in [-0.2, 0) is 9.59 Å². The lowest BCUT2D eigenvalue weighted by molar-refractivity contribution is -0.148. The van der Waals surface area contributed by atoms with Crippen molar-refractivity contribution in [2.75, 3.05) is 0 Å². The molecule has 0 amide bonds. The number of ketones is 2. The van der Waals surface area contributed by atoms with Crippen LogP contribution in [0, 0.1) is 5.82 Å². The van der Waals surface area contributed by atoms with Crippen LogP contribution in [0.2, 0.25) is 0 Å². The summed E-state index contributed by atoms with van der Waals surface area (Å²) < 4.78 is 12.4. The molecule has 1 rings (SSSR count). The molecule has 0 bridgehead atoms. The lowest BCUT2D eigenvalue weighted by atomic mass is 10.1. The Labute approximate surface area is 83.6 Å². The number of hydrogen-bond acceptors (Lipinski definition) is 4. The molecule has 15 heavy (non-hydrogen) atoms. The second-order valence-corrected chi connectivity index (χ2v) is 2.69. The number of pyridine rings is 1. The molecule has 0 aliphatic carbocycles. The van der Waals surface area contributed by atoms with Crippen molar-refractivity contribution in [3.05, 3.63) is 29.8 Å². The molecule has 78 valence electrons. The summed E-state index contributed by atoms with van der Waals surface area (Å²) in [5.74, 6) is -4.25. The Morgan fingerprint density at radius 1 is 1.33 bits per heavy atom. The molecule has 1 aromatic heterocycles. The van der Waals surface area contributed by atoms with E-state index in [1.807, 2.05) is 0 Å². The monoisotopic (exact) mass is 211 g/mol. The summed E-state index contributed by atoms with van der Waals surface area (Å²) >= 11 is 0. The molecule has 0 aromatic carbocycles. The van der Waals surface area contributed by atoms with Gasteiger partial charge >= 0.3 is 5.97 Å². The van der Waals surface area contributed by atoms with Crippen molar-refractivity contribution in [3.63, 3.8) is 0 Å². The van der Waals surface area contributed by atoms with Crippen molar-refractivity contribution in [1.82, 2.24) is 4.98 Å². The van der Waals surface area contributed by atoms with Crippen molar-refractivity contribution < 1.29 is 23.9 Å². The second kappa shape index (κ2) is 4.41. The molecule has 5 nitrogen and oxygen atoms in total. The predicted molar refractivity (Wildman–Crippen MR) is 45.8 cm³/mol. The van der Waals surface area contributed by atoms with Gasteiger partial charge in [0.2, 0.25) is 5.78 Å². The Bertz CT molecular complexity index is 413. The molecule has 0 saturated carbocycles. The largest absolute Gasteiger partial charge is 0.475 e. The van der Waals surface area contributed by atoms with E-state index in [0.717, 1.165) is 18.3 Å². The number of carboxylic acids is 1. The van der Waals surface area contributed by atoms with Crippen LogP contribution in [0.25, 0.3) is 0 Å². The average Bonchev–Trinajstić information content (AvgIpc) is 2.18. The fraction of sp³-hybridized carbons (Fsp3) is 0.111. The van der Waals surface area contributed by atoms with Gasteiger partial charge in [-0.3, -0.25) is 14.6 Å². The lowest BCUT2D eigenvalue weighted by Gasteiger charge is -1.96. The highest BCUT2D eigenvalue weighted by atomic mass is 19.1. The summed E-state index contributed by atoms with van der Waals surface area (Å²) in [6, 6.07) is 2.10. The molecule has 1 N–H and O–H groups in total. The first-order valence-corrected chi connectivity index (χ1v) is 3.91. The van der Waals surface area contributed by atoms with Gasteiger partial charge in [0.25, 0.3) is 0 Å². The fourth-order valence-corrected chi connectivity index (χ4v) is 0.853. The first-order chi connectivity index (χ1) is 7.00. The van der Waals surface area contributed by atoms with Gasteiger partial charge < -0.3 is 5.11 Å². The number of carbonyl (C=O) groups excluding carboxylic acids is 2. The minimum absolute atomic E-state index is 0.133. The van der Waals surface area contributed by atoms with Gasteiger partial charge in [-0.2, -0.15) is 0 Å². The van der Waals surface area contributed by atoms with Crippen LogP contribution in [0.4, 0.5) is 4.39 Å². The standard InChI is InChI=1S/C9H6FNO4/c10-5-1-2-6(11-4-5)7(12)3-8(13)9(14)15/h1-2,4H,3H2,(H,14,15). The number of carbonyl (C=O) groups is 3. The van der Waals surface area contributed by atoms with E-state index in [1.165, 1.54) is 0 Å². The van der Waals surface area contributed by atoms with Gasteiger partial charge in [-0.05, 0) is 12.1 Å². The van der Waals surface area contributed by atoms with Gasteiger partial charge in [0.05, 0.1) is 12.6 Å². The summed E-state index contributed by atoms with van der Waals surface area (Å²) in [5, 5.41) is 8.24. The molecule has 1 aromatic rings. The molecular weight excluding hydrogens is 205 g/mol. The molecule has 6 heteroatoms. The molecule has 0 unspecified atom stereocenters. The minimum Gasteiger partial charge on any atom is -0.475 e. The van der Waals surface area contributed by atoms with E-state index in [0.29, 0.717) is 0 Å². The summed E-state index contributed by atoms with van der Waals surface area (Å²) in [4.78, 5) is 35.4. The third-order valence-corrected chi connectivity index (χ3v) is 1.57. The maximum atomic E-state index is 12.4. The van der Waals surface area contributed by atoms with E-state index < -0.39 is 29.8 Å². The van der Waals surface area contributed by atoms with E-state index in [2.05, 4.69) is 4.98 Å². The smallest absolute Gasteiger partial charge is 0.372 e. The zero-order chi connectivity index (χ0) is 11.4. The second-order valence-electron chi connectivity index (χ2n) is 2.69. The number of aromatic nitrogens is 1. The highest BCUT2D eigenvalue weighted by Gasteiger charge is 2.18. The number of halogens is 1. The topological polar surface area (TPSA) is 84.3 Å². The van der Waals surface area contributed by atoms with Crippen LogP contribution in [-0.4, -0.2) is 27.6 Å². The van der Waals surface area contributed by atoms with Crippen LogP contribution in [0.3, 0.4) is 0 Å². The third kappa shape index (κ3) is 2.94. The molecule has 0 aliphatic heterocycles. The van der Waals surface area contributed by atoms with Gasteiger partial charge in [-0.15, -0.1) is 0 Å². The summed E-state index contributed by atoms with van der Waals surface area (Å²) in [5.41, 5.74) is -0.133. The zero-order valence-electron chi connectivity index (χ0n) is 7.44. The number of hydrogen-bond donors (Lipinski definition) is 1. The molecule has 0 fully saturated rings. The van der Waals surface area contributed by atoms with Gasteiger partial charge in [0, 0.05) is 0 Å². The summed E-state index contributed by atoms with van der Waals surface area (Å²) in [6.45, 7) is 0. The van der Waals surface area contributed by atoms with Gasteiger partial charge in [-0.1, -0.05) is 0 Å².